The third-order valence-electron chi connectivity index (χ3n) is 1.73. The summed E-state index contributed by atoms with van der Waals surface area (Å²) in [6.45, 7) is 0.915. The number of alkyl halides is 1. The summed E-state index contributed by atoms with van der Waals surface area (Å²) in [5.41, 5.74) is 0. The van der Waals surface area contributed by atoms with Crippen LogP contribution in [-0.2, 0) is 4.74 Å². The summed E-state index contributed by atoms with van der Waals surface area (Å²) in [4.78, 5) is 0. The first-order valence-electron chi connectivity index (χ1n) is 3.43. The number of halogens is 1. The molecule has 0 aromatic heterocycles. The fourth-order valence-corrected chi connectivity index (χ4v) is 1.07. The van der Waals surface area contributed by atoms with Crippen LogP contribution >= 0.6 is 0 Å². The Bertz CT molecular complexity index is 143. The molecule has 0 aromatic rings. The highest BCUT2D eigenvalue weighted by atomic mass is 19.1. The van der Waals surface area contributed by atoms with Crippen molar-refractivity contribution in [2.24, 2.45) is 5.92 Å². The maximum atomic E-state index is 12.8. The minimum atomic E-state index is -0.826. The molecule has 1 aliphatic rings. The molecular formula is C7H10FNO. The predicted molar refractivity (Wildman–Crippen MR) is 34.1 cm³/mol. The van der Waals surface area contributed by atoms with Crippen LogP contribution in [0.25, 0.3) is 0 Å². The van der Waals surface area contributed by atoms with E-state index in [0.29, 0.717) is 19.6 Å². The molecule has 1 fully saturated rings. The smallest absolute Gasteiger partial charge is 0.108 e. The quantitative estimate of drug-likeness (QED) is 0.553. The lowest BCUT2D eigenvalue weighted by molar-refractivity contribution is 0.00382. The molecule has 0 aromatic carbocycles. The summed E-state index contributed by atoms with van der Waals surface area (Å²) in [7, 11) is 0. The van der Waals surface area contributed by atoms with E-state index in [1.807, 2.05) is 6.07 Å². The van der Waals surface area contributed by atoms with Crippen molar-refractivity contribution in [3.05, 3.63) is 0 Å². The Morgan fingerprint density at radius 2 is 2.50 bits per heavy atom. The van der Waals surface area contributed by atoms with Crippen molar-refractivity contribution < 1.29 is 9.13 Å². The third-order valence-corrected chi connectivity index (χ3v) is 1.73. The molecular weight excluding hydrogens is 133 g/mol. The highest BCUT2D eigenvalue weighted by Crippen LogP contribution is 2.20. The van der Waals surface area contributed by atoms with Crippen molar-refractivity contribution in [1.29, 1.82) is 5.26 Å². The van der Waals surface area contributed by atoms with Gasteiger partial charge in [0.15, 0.2) is 0 Å². The van der Waals surface area contributed by atoms with Gasteiger partial charge in [-0.05, 0) is 0 Å². The lowest BCUT2D eigenvalue weighted by Crippen LogP contribution is -2.28. The maximum Gasteiger partial charge on any atom is 0.108 e. The van der Waals surface area contributed by atoms with Gasteiger partial charge in [0.1, 0.15) is 6.17 Å². The minimum absolute atomic E-state index is 0.182. The highest BCUT2D eigenvalue weighted by molar-refractivity contribution is 4.82. The van der Waals surface area contributed by atoms with Gasteiger partial charge in [-0.1, -0.05) is 0 Å². The molecule has 3 heteroatoms. The molecule has 10 heavy (non-hydrogen) atoms. The van der Waals surface area contributed by atoms with Gasteiger partial charge < -0.3 is 4.74 Å². The fourth-order valence-electron chi connectivity index (χ4n) is 1.07. The van der Waals surface area contributed by atoms with Gasteiger partial charge in [0.05, 0.1) is 12.7 Å². The van der Waals surface area contributed by atoms with Crippen molar-refractivity contribution in [3.8, 4) is 6.07 Å². The molecule has 56 valence electrons. The Hall–Kier alpha value is -0.620. The van der Waals surface area contributed by atoms with E-state index in [1.54, 1.807) is 0 Å². The Kier molecular flexibility index (Phi) is 2.64. The van der Waals surface area contributed by atoms with Gasteiger partial charge in [-0.2, -0.15) is 5.26 Å². The molecule has 1 rings (SSSR count). The average Bonchev–Trinajstić information content (AvgIpc) is 1.94. The Labute approximate surface area is 59.6 Å². The van der Waals surface area contributed by atoms with Crippen molar-refractivity contribution in [1.82, 2.24) is 0 Å². The average molecular weight is 143 g/mol. The van der Waals surface area contributed by atoms with Crippen LogP contribution in [0.5, 0.6) is 0 Å². The molecule has 0 spiro atoms. The Morgan fingerprint density at radius 3 is 3.10 bits per heavy atom. The predicted octanol–water partition coefficient (Wildman–Crippen LogP) is 1.27. The van der Waals surface area contributed by atoms with Crippen molar-refractivity contribution in [2.75, 3.05) is 13.2 Å². The molecule has 0 amide bonds. The second-order valence-electron chi connectivity index (χ2n) is 2.50. The molecule has 0 N–H and O–H groups in total. The number of hydrogen-bond donors (Lipinski definition) is 0. The van der Waals surface area contributed by atoms with Gasteiger partial charge in [-0.3, -0.25) is 0 Å². The van der Waals surface area contributed by atoms with E-state index in [-0.39, 0.29) is 12.3 Å². The fraction of sp³-hybridized carbons (Fsp3) is 0.857. The van der Waals surface area contributed by atoms with Crippen LogP contribution in [-0.4, -0.2) is 19.4 Å². The first-order valence-corrected chi connectivity index (χ1v) is 3.43. The highest BCUT2D eigenvalue weighted by Gasteiger charge is 2.24. The lowest BCUT2D eigenvalue weighted by Gasteiger charge is -2.23. The first-order chi connectivity index (χ1) is 4.84. The van der Waals surface area contributed by atoms with E-state index >= 15 is 0 Å². The molecule has 2 atom stereocenters. The normalized spacial score (nSPS) is 33.2. The summed E-state index contributed by atoms with van der Waals surface area (Å²) < 4.78 is 17.8. The summed E-state index contributed by atoms with van der Waals surface area (Å²) in [5.74, 6) is -0.182. The Morgan fingerprint density at radius 1 is 1.70 bits per heavy atom. The third kappa shape index (κ3) is 1.68. The number of nitriles is 1. The summed E-state index contributed by atoms with van der Waals surface area (Å²) in [6, 6.07) is 1.95. The molecule has 0 radical (unpaired) electrons. The monoisotopic (exact) mass is 143 g/mol. The van der Waals surface area contributed by atoms with Crippen molar-refractivity contribution in [2.45, 2.75) is 19.0 Å². The zero-order valence-electron chi connectivity index (χ0n) is 5.72. The SMILES string of the molecule is N#CC[C@@H]1COCC[C@H]1F. The van der Waals surface area contributed by atoms with Crippen LogP contribution in [0, 0.1) is 17.2 Å². The van der Waals surface area contributed by atoms with E-state index in [1.165, 1.54) is 0 Å². The van der Waals surface area contributed by atoms with Crippen molar-refractivity contribution in [3.63, 3.8) is 0 Å². The second-order valence-corrected chi connectivity index (χ2v) is 2.50. The first kappa shape index (κ1) is 7.49. The number of ether oxygens (including phenoxy) is 1. The van der Waals surface area contributed by atoms with Crippen LogP contribution in [0.2, 0.25) is 0 Å². The van der Waals surface area contributed by atoms with Gasteiger partial charge in [0.25, 0.3) is 0 Å². The molecule has 0 bridgehead atoms. The van der Waals surface area contributed by atoms with E-state index in [2.05, 4.69) is 0 Å². The van der Waals surface area contributed by atoms with Gasteiger partial charge >= 0.3 is 0 Å². The van der Waals surface area contributed by atoms with Crippen LogP contribution in [0.1, 0.15) is 12.8 Å². The lowest BCUT2D eigenvalue weighted by atomic mass is 9.97. The summed E-state index contributed by atoms with van der Waals surface area (Å²) in [5, 5.41) is 8.26. The molecule has 0 unspecified atom stereocenters. The van der Waals surface area contributed by atoms with E-state index in [9.17, 15) is 4.39 Å². The van der Waals surface area contributed by atoms with Crippen LogP contribution in [0.3, 0.4) is 0 Å². The number of hydrogen-bond acceptors (Lipinski definition) is 2. The van der Waals surface area contributed by atoms with E-state index < -0.39 is 6.17 Å². The minimum Gasteiger partial charge on any atom is -0.381 e. The standard InChI is InChI=1S/C7H10FNO/c8-7-2-4-10-5-6(7)1-3-9/h6-7H,1-2,4-5H2/t6-,7-/m1/s1. The van der Waals surface area contributed by atoms with E-state index in [4.69, 9.17) is 10.00 Å². The van der Waals surface area contributed by atoms with Gasteiger partial charge in [0, 0.05) is 25.4 Å². The summed E-state index contributed by atoms with van der Waals surface area (Å²) >= 11 is 0. The molecule has 0 aliphatic carbocycles. The largest absolute Gasteiger partial charge is 0.381 e. The second kappa shape index (κ2) is 3.52. The number of rotatable bonds is 1. The summed E-state index contributed by atoms with van der Waals surface area (Å²) in [6.07, 6.45) is -0.0959. The van der Waals surface area contributed by atoms with Crippen LogP contribution in [0.4, 0.5) is 4.39 Å². The molecule has 2 nitrogen and oxygen atoms in total. The van der Waals surface area contributed by atoms with Crippen LogP contribution < -0.4 is 0 Å². The molecule has 1 saturated heterocycles. The van der Waals surface area contributed by atoms with E-state index in [0.717, 1.165) is 0 Å². The van der Waals surface area contributed by atoms with Gasteiger partial charge in [-0.15, -0.1) is 0 Å². The zero-order chi connectivity index (χ0) is 7.40. The van der Waals surface area contributed by atoms with Crippen molar-refractivity contribution >= 4 is 0 Å². The van der Waals surface area contributed by atoms with Gasteiger partial charge in [-0.25, -0.2) is 4.39 Å². The topological polar surface area (TPSA) is 33.0 Å². The number of nitrogens with zero attached hydrogens (tertiary/aromatic N) is 1. The molecule has 1 heterocycles. The van der Waals surface area contributed by atoms with Gasteiger partial charge in [0.2, 0.25) is 0 Å². The molecule has 0 saturated carbocycles. The maximum absolute atomic E-state index is 12.8. The zero-order valence-corrected chi connectivity index (χ0v) is 5.72. The Balaban J connectivity index is 2.34. The molecule has 1 aliphatic heterocycles. The van der Waals surface area contributed by atoms with Crippen LogP contribution in [0.15, 0.2) is 0 Å².